The molecule has 3 amide bonds. The molecule has 0 atom stereocenters. The summed E-state index contributed by atoms with van der Waals surface area (Å²) in [7, 11) is 0. The molecule has 2 aliphatic rings. The second-order valence-electron chi connectivity index (χ2n) is 7.39. The Hall–Kier alpha value is -3.10. The van der Waals surface area contributed by atoms with Crippen LogP contribution in [0.3, 0.4) is 0 Å². The van der Waals surface area contributed by atoms with E-state index in [1.807, 2.05) is 0 Å². The molecule has 0 saturated carbocycles. The molecular formula is C21H29N5O4. The van der Waals surface area contributed by atoms with Gasteiger partial charge in [-0.05, 0) is 44.7 Å². The van der Waals surface area contributed by atoms with Crippen molar-refractivity contribution in [2.45, 2.75) is 38.6 Å². The lowest BCUT2D eigenvalue weighted by atomic mass is 10.1. The molecule has 1 saturated heterocycles. The number of hydrogen-bond acceptors (Lipinski definition) is 5. The molecule has 9 nitrogen and oxygen atoms in total. The van der Waals surface area contributed by atoms with Crippen LogP contribution < -0.4 is 11.1 Å². The van der Waals surface area contributed by atoms with E-state index in [2.05, 4.69) is 10.3 Å². The summed E-state index contributed by atoms with van der Waals surface area (Å²) in [5, 5.41) is 3.20. The number of hydrogen-bond donors (Lipinski definition) is 2. The van der Waals surface area contributed by atoms with Gasteiger partial charge < -0.3 is 20.7 Å². The largest absolute Gasteiger partial charge is 0.450 e. The van der Waals surface area contributed by atoms with Gasteiger partial charge >= 0.3 is 6.09 Å². The lowest BCUT2D eigenvalue weighted by Crippen LogP contribution is -2.48. The van der Waals surface area contributed by atoms with E-state index in [9.17, 15) is 14.4 Å². The van der Waals surface area contributed by atoms with Crippen molar-refractivity contribution < 1.29 is 19.1 Å². The lowest BCUT2D eigenvalue weighted by Gasteiger charge is -2.31. The first-order valence-electron chi connectivity index (χ1n) is 10.4. The van der Waals surface area contributed by atoms with E-state index < -0.39 is 0 Å². The number of nitrogens with one attached hydrogen (secondary N) is 1. The maximum Gasteiger partial charge on any atom is 0.409 e. The zero-order valence-electron chi connectivity index (χ0n) is 17.3. The number of amides is 3. The Morgan fingerprint density at radius 1 is 1.17 bits per heavy atom. The van der Waals surface area contributed by atoms with Crippen LogP contribution >= 0.6 is 0 Å². The monoisotopic (exact) mass is 415 g/mol. The van der Waals surface area contributed by atoms with E-state index in [-0.39, 0.29) is 23.9 Å². The molecule has 0 radical (unpaired) electrons. The van der Waals surface area contributed by atoms with Crippen molar-refractivity contribution in [2.24, 2.45) is 10.7 Å². The van der Waals surface area contributed by atoms with Crippen molar-refractivity contribution in [3.8, 4) is 0 Å². The zero-order valence-corrected chi connectivity index (χ0v) is 17.3. The molecule has 1 aromatic carbocycles. The minimum atomic E-state index is -0.268. The molecule has 9 heteroatoms. The predicted molar refractivity (Wildman–Crippen MR) is 112 cm³/mol. The Bertz CT molecular complexity index is 782. The number of carbonyl (C=O) groups is 3. The molecule has 0 spiro atoms. The number of aliphatic imine (C=N–C) groups is 1. The van der Waals surface area contributed by atoms with Gasteiger partial charge in [0.2, 0.25) is 0 Å². The summed E-state index contributed by atoms with van der Waals surface area (Å²) in [5.41, 5.74) is 6.92. The zero-order chi connectivity index (χ0) is 21.5. The first-order valence-corrected chi connectivity index (χ1v) is 10.4. The average molecular weight is 415 g/mol. The summed E-state index contributed by atoms with van der Waals surface area (Å²) >= 11 is 0. The summed E-state index contributed by atoms with van der Waals surface area (Å²) in [6.07, 6.45) is 2.69. The maximum atomic E-state index is 12.3. The maximum absolute atomic E-state index is 12.3. The average Bonchev–Trinajstić information content (AvgIpc) is 2.99. The SMILES string of the molecule is CCOC(=O)N1CCC(NC(N)=NCCCCN2C(=O)c3ccccc3C2=O)CC1. The van der Waals surface area contributed by atoms with E-state index >= 15 is 0 Å². The molecule has 0 aliphatic carbocycles. The molecule has 30 heavy (non-hydrogen) atoms. The highest BCUT2D eigenvalue weighted by Gasteiger charge is 2.34. The van der Waals surface area contributed by atoms with Crippen LogP contribution in [0, 0.1) is 0 Å². The van der Waals surface area contributed by atoms with Crippen LogP contribution in [0.25, 0.3) is 0 Å². The molecule has 0 unspecified atom stereocenters. The van der Waals surface area contributed by atoms with Gasteiger partial charge in [0, 0.05) is 32.2 Å². The molecule has 3 rings (SSSR count). The molecule has 2 heterocycles. The van der Waals surface area contributed by atoms with Crippen LogP contribution in [0.4, 0.5) is 4.79 Å². The topological polar surface area (TPSA) is 117 Å². The summed E-state index contributed by atoms with van der Waals surface area (Å²) in [6.45, 7) is 4.33. The molecular weight excluding hydrogens is 386 g/mol. The number of fused-ring (bicyclic) bond motifs is 1. The van der Waals surface area contributed by atoms with Crippen molar-refractivity contribution in [2.75, 3.05) is 32.8 Å². The van der Waals surface area contributed by atoms with Gasteiger partial charge in [-0.2, -0.15) is 0 Å². The Balaban J connectivity index is 1.34. The van der Waals surface area contributed by atoms with Crippen LogP contribution in [0.1, 0.15) is 53.3 Å². The van der Waals surface area contributed by atoms with Crippen molar-refractivity contribution in [1.82, 2.24) is 15.1 Å². The number of rotatable bonds is 7. The summed E-state index contributed by atoms with van der Waals surface area (Å²) in [5.74, 6) is -0.0748. The van der Waals surface area contributed by atoms with Gasteiger partial charge in [-0.3, -0.25) is 19.5 Å². The molecule has 0 bridgehead atoms. The van der Waals surface area contributed by atoms with E-state index in [0.717, 1.165) is 19.3 Å². The van der Waals surface area contributed by atoms with E-state index in [1.54, 1.807) is 36.1 Å². The number of imide groups is 1. The third kappa shape index (κ3) is 5.08. The predicted octanol–water partition coefficient (Wildman–Crippen LogP) is 1.59. The molecule has 162 valence electrons. The number of unbranched alkanes of at least 4 members (excludes halogenated alkanes) is 1. The Kier molecular flexibility index (Phi) is 7.26. The van der Waals surface area contributed by atoms with E-state index in [4.69, 9.17) is 10.5 Å². The van der Waals surface area contributed by atoms with Crippen molar-refractivity contribution in [3.63, 3.8) is 0 Å². The van der Waals surface area contributed by atoms with Gasteiger partial charge in [-0.25, -0.2) is 4.79 Å². The summed E-state index contributed by atoms with van der Waals surface area (Å²) in [4.78, 5) is 43.7. The minimum Gasteiger partial charge on any atom is -0.450 e. The number of ether oxygens (including phenoxy) is 1. The Morgan fingerprint density at radius 3 is 2.40 bits per heavy atom. The van der Waals surface area contributed by atoms with Crippen molar-refractivity contribution in [1.29, 1.82) is 0 Å². The number of guanidine groups is 1. The summed E-state index contributed by atoms with van der Waals surface area (Å²) < 4.78 is 5.01. The number of benzene rings is 1. The van der Waals surface area contributed by atoms with Crippen LogP contribution in [0.15, 0.2) is 29.3 Å². The van der Waals surface area contributed by atoms with Gasteiger partial charge in [0.05, 0.1) is 17.7 Å². The first kappa shape index (κ1) is 21.6. The van der Waals surface area contributed by atoms with Crippen molar-refractivity contribution >= 4 is 23.9 Å². The lowest BCUT2D eigenvalue weighted by molar-refractivity contribution is 0.0651. The van der Waals surface area contributed by atoms with Crippen LogP contribution in [0.2, 0.25) is 0 Å². The van der Waals surface area contributed by atoms with Crippen LogP contribution in [-0.4, -0.2) is 72.5 Å². The van der Waals surface area contributed by atoms with Gasteiger partial charge in [-0.15, -0.1) is 0 Å². The third-order valence-corrected chi connectivity index (χ3v) is 5.32. The normalized spacial score (nSPS) is 17.3. The smallest absolute Gasteiger partial charge is 0.409 e. The Morgan fingerprint density at radius 2 is 1.80 bits per heavy atom. The first-order chi connectivity index (χ1) is 14.5. The molecule has 3 N–H and O–H groups in total. The number of nitrogens with zero attached hydrogens (tertiary/aromatic N) is 3. The fourth-order valence-electron chi connectivity index (χ4n) is 3.70. The molecule has 1 fully saturated rings. The third-order valence-electron chi connectivity index (χ3n) is 5.32. The van der Waals surface area contributed by atoms with Crippen LogP contribution in [-0.2, 0) is 4.74 Å². The minimum absolute atomic E-state index is 0.178. The standard InChI is InChI=1S/C21H29N5O4/c1-2-30-21(29)25-13-9-15(10-14-25)24-20(22)23-11-5-6-12-26-18(27)16-7-3-4-8-17(16)19(26)28/h3-4,7-8,15H,2,5-6,9-14H2,1H3,(H3,22,23,24). The fraction of sp³-hybridized carbons (Fsp3) is 0.524. The van der Waals surface area contributed by atoms with Gasteiger partial charge in [-0.1, -0.05) is 12.1 Å². The molecule has 0 aromatic heterocycles. The van der Waals surface area contributed by atoms with Gasteiger partial charge in [0.1, 0.15) is 0 Å². The number of piperidine rings is 1. The molecule has 2 aliphatic heterocycles. The second-order valence-corrected chi connectivity index (χ2v) is 7.39. The van der Waals surface area contributed by atoms with E-state index in [1.165, 1.54) is 4.90 Å². The highest BCUT2D eigenvalue weighted by Crippen LogP contribution is 2.22. The number of likely N-dealkylation sites (tertiary alicyclic amines) is 1. The highest BCUT2D eigenvalue weighted by atomic mass is 16.6. The van der Waals surface area contributed by atoms with Gasteiger partial charge in [0.15, 0.2) is 5.96 Å². The Labute approximate surface area is 176 Å². The van der Waals surface area contributed by atoms with Crippen molar-refractivity contribution in [3.05, 3.63) is 35.4 Å². The number of carbonyl (C=O) groups excluding carboxylic acids is 3. The summed E-state index contributed by atoms with van der Waals surface area (Å²) in [6, 6.07) is 7.07. The fourth-order valence-corrected chi connectivity index (χ4v) is 3.70. The number of nitrogens with two attached hydrogens (primary N) is 1. The van der Waals surface area contributed by atoms with Crippen LogP contribution in [0.5, 0.6) is 0 Å². The quantitative estimate of drug-likeness (QED) is 0.302. The molecule has 1 aromatic rings. The van der Waals surface area contributed by atoms with Gasteiger partial charge in [0.25, 0.3) is 11.8 Å². The second kappa shape index (κ2) is 10.1. The highest BCUT2D eigenvalue weighted by molar-refractivity contribution is 6.21. The van der Waals surface area contributed by atoms with E-state index in [0.29, 0.717) is 56.3 Å².